The molecule has 7 heteroatoms. The molecule has 1 heterocycles. The molecule has 0 aliphatic carbocycles. The zero-order chi connectivity index (χ0) is 21.4. The number of H-pyrrole nitrogens is 1. The van der Waals surface area contributed by atoms with Crippen LogP contribution in [0.25, 0.3) is 0 Å². The molecule has 3 rings (SSSR count). The van der Waals surface area contributed by atoms with E-state index in [9.17, 15) is 8.42 Å². The first-order valence-electron chi connectivity index (χ1n) is 10.3. The Labute approximate surface area is 179 Å². The van der Waals surface area contributed by atoms with Crippen molar-refractivity contribution in [2.24, 2.45) is 0 Å². The Kier molecular flexibility index (Phi) is 7.65. The lowest BCUT2D eigenvalue weighted by molar-refractivity contribution is 0.306. The lowest BCUT2D eigenvalue weighted by Gasteiger charge is -2.30. The molecule has 1 N–H and O–H groups in total. The predicted octanol–water partition coefficient (Wildman–Crippen LogP) is 4.93. The second-order valence-corrected chi connectivity index (χ2v) is 9.03. The van der Waals surface area contributed by atoms with Crippen LogP contribution in [0.5, 0.6) is 5.75 Å². The van der Waals surface area contributed by atoms with Crippen LogP contribution in [0.4, 0.5) is 0 Å². The van der Waals surface area contributed by atoms with E-state index in [2.05, 4.69) is 16.9 Å². The largest absolute Gasteiger partial charge is 0.494 e. The molecule has 0 spiro atoms. The third-order valence-electron chi connectivity index (χ3n) is 5.00. The Morgan fingerprint density at radius 3 is 2.40 bits per heavy atom. The minimum absolute atomic E-state index is 0.213. The fourth-order valence-corrected chi connectivity index (χ4v) is 5.03. The molecule has 0 saturated heterocycles. The smallest absolute Gasteiger partial charge is 0.243 e. The maximum atomic E-state index is 13.7. The van der Waals surface area contributed by atoms with E-state index >= 15 is 0 Å². The van der Waals surface area contributed by atoms with Crippen molar-refractivity contribution < 1.29 is 13.2 Å². The first kappa shape index (κ1) is 22.1. The Morgan fingerprint density at radius 1 is 1.07 bits per heavy atom. The summed E-state index contributed by atoms with van der Waals surface area (Å²) in [5, 5.41) is 0. The van der Waals surface area contributed by atoms with Crippen molar-refractivity contribution >= 4 is 10.0 Å². The normalized spacial score (nSPS) is 12.8. The van der Waals surface area contributed by atoms with E-state index < -0.39 is 10.0 Å². The van der Waals surface area contributed by atoms with Crippen molar-refractivity contribution in [3.05, 3.63) is 78.4 Å². The summed E-state index contributed by atoms with van der Waals surface area (Å²) >= 11 is 0. The van der Waals surface area contributed by atoms with Gasteiger partial charge in [-0.2, -0.15) is 4.31 Å². The third-order valence-corrected chi connectivity index (χ3v) is 6.87. The summed E-state index contributed by atoms with van der Waals surface area (Å²) in [6.45, 7) is 4.94. The molecule has 160 valence electrons. The minimum atomic E-state index is -3.75. The Hall–Kier alpha value is -2.64. The molecule has 0 bridgehead atoms. The summed E-state index contributed by atoms with van der Waals surface area (Å²) in [6.07, 6.45) is 5.88. The number of ether oxygens (including phenoxy) is 1. The Morgan fingerprint density at radius 2 is 1.80 bits per heavy atom. The van der Waals surface area contributed by atoms with E-state index in [0.29, 0.717) is 18.8 Å². The summed E-state index contributed by atoms with van der Waals surface area (Å²) in [4.78, 5) is 7.31. The van der Waals surface area contributed by atoms with Crippen LogP contribution in [0.1, 0.15) is 50.4 Å². The van der Waals surface area contributed by atoms with Crippen LogP contribution in [0.3, 0.4) is 0 Å². The Balaban J connectivity index is 1.93. The van der Waals surface area contributed by atoms with Crippen molar-refractivity contribution in [3.63, 3.8) is 0 Å². The highest BCUT2D eigenvalue weighted by Crippen LogP contribution is 2.32. The minimum Gasteiger partial charge on any atom is -0.494 e. The summed E-state index contributed by atoms with van der Waals surface area (Å²) in [6, 6.07) is 16.1. The van der Waals surface area contributed by atoms with Crippen molar-refractivity contribution in [1.29, 1.82) is 0 Å². The van der Waals surface area contributed by atoms with Crippen molar-refractivity contribution in [2.45, 2.75) is 50.6 Å². The quantitative estimate of drug-likeness (QED) is 0.440. The van der Waals surface area contributed by atoms with Gasteiger partial charge in [0.05, 0.1) is 30.4 Å². The van der Waals surface area contributed by atoms with Gasteiger partial charge in [-0.25, -0.2) is 13.4 Å². The van der Waals surface area contributed by atoms with Gasteiger partial charge in [-0.3, -0.25) is 0 Å². The first-order valence-corrected chi connectivity index (χ1v) is 11.8. The van der Waals surface area contributed by atoms with E-state index in [1.54, 1.807) is 41.1 Å². The number of sulfonamides is 1. The third kappa shape index (κ3) is 5.29. The molecule has 1 unspecified atom stereocenters. The van der Waals surface area contributed by atoms with E-state index in [4.69, 9.17) is 4.74 Å². The average molecular weight is 428 g/mol. The van der Waals surface area contributed by atoms with Crippen LogP contribution >= 0.6 is 0 Å². The molecule has 0 aliphatic rings. The zero-order valence-electron chi connectivity index (χ0n) is 17.5. The topological polar surface area (TPSA) is 75.3 Å². The highest BCUT2D eigenvalue weighted by atomic mass is 32.2. The lowest BCUT2D eigenvalue weighted by atomic mass is 10.0. The van der Waals surface area contributed by atoms with Gasteiger partial charge in [-0.1, -0.05) is 50.6 Å². The van der Waals surface area contributed by atoms with Gasteiger partial charge in [-0.15, -0.1) is 0 Å². The second-order valence-electron chi connectivity index (χ2n) is 7.14. The second kappa shape index (κ2) is 10.4. The summed E-state index contributed by atoms with van der Waals surface area (Å²) < 4.78 is 34.5. The van der Waals surface area contributed by atoms with Crippen molar-refractivity contribution in [2.75, 3.05) is 6.61 Å². The van der Waals surface area contributed by atoms with Gasteiger partial charge in [0, 0.05) is 11.9 Å². The number of nitrogens with zero attached hydrogens (tertiary/aromatic N) is 2. The monoisotopic (exact) mass is 427 g/mol. The number of rotatable bonds is 11. The van der Waals surface area contributed by atoms with Gasteiger partial charge in [0.1, 0.15) is 5.75 Å². The number of nitrogens with one attached hydrogen (secondary N) is 1. The molecule has 30 heavy (non-hydrogen) atoms. The molecule has 1 aromatic heterocycles. The molecule has 3 aromatic rings. The lowest BCUT2D eigenvalue weighted by Crippen LogP contribution is -2.34. The fourth-order valence-electron chi connectivity index (χ4n) is 3.36. The van der Waals surface area contributed by atoms with Gasteiger partial charge < -0.3 is 9.72 Å². The average Bonchev–Trinajstić information content (AvgIpc) is 3.28. The van der Waals surface area contributed by atoms with Gasteiger partial charge in [0.15, 0.2) is 0 Å². The Bertz CT molecular complexity index is 988. The van der Waals surface area contributed by atoms with Crippen LogP contribution in [0, 0.1) is 0 Å². The molecular formula is C23H29N3O3S. The molecule has 0 radical (unpaired) electrons. The number of hydrogen-bond donors (Lipinski definition) is 1. The summed E-state index contributed by atoms with van der Waals surface area (Å²) in [5.74, 6) is 0.678. The van der Waals surface area contributed by atoms with Crippen LogP contribution < -0.4 is 4.74 Å². The molecule has 2 aromatic carbocycles. The molecule has 0 saturated carbocycles. The SMILES string of the molecule is CCCCOc1ccc(S(=O)(=O)N(Cc2cnc[nH]2)C(CC)c2ccccc2)cc1. The van der Waals surface area contributed by atoms with Gasteiger partial charge in [0.2, 0.25) is 10.0 Å². The van der Waals surface area contributed by atoms with Crippen molar-refractivity contribution in [3.8, 4) is 5.75 Å². The van der Waals surface area contributed by atoms with E-state index in [1.807, 2.05) is 37.3 Å². The maximum Gasteiger partial charge on any atom is 0.243 e. The van der Waals surface area contributed by atoms with Gasteiger partial charge in [0.25, 0.3) is 0 Å². The maximum absolute atomic E-state index is 13.7. The molecule has 0 fully saturated rings. The van der Waals surface area contributed by atoms with Gasteiger partial charge in [-0.05, 0) is 42.7 Å². The van der Waals surface area contributed by atoms with E-state index in [1.165, 1.54) is 0 Å². The number of aromatic amines is 1. The van der Waals surface area contributed by atoms with Crippen LogP contribution in [0.2, 0.25) is 0 Å². The zero-order valence-corrected chi connectivity index (χ0v) is 18.3. The number of benzene rings is 2. The summed E-state index contributed by atoms with van der Waals surface area (Å²) in [7, 11) is -3.75. The highest BCUT2D eigenvalue weighted by molar-refractivity contribution is 7.89. The number of hydrogen-bond acceptors (Lipinski definition) is 4. The molecule has 0 amide bonds. The van der Waals surface area contributed by atoms with Crippen LogP contribution in [0.15, 0.2) is 72.0 Å². The fraction of sp³-hybridized carbons (Fsp3) is 0.348. The van der Waals surface area contributed by atoms with E-state index in [-0.39, 0.29) is 17.5 Å². The van der Waals surface area contributed by atoms with E-state index in [0.717, 1.165) is 24.1 Å². The number of unbranched alkanes of at least 4 members (excludes halogenated alkanes) is 1. The van der Waals surface area contributed by atoms with Gasteiger partial charge >= 0.3 is 0 Å². The number of aromatic nitrogens is 2. The first-order chi connectivity index (χ1) is 14.6. The molecule has 1 atom stereocenters. The standard InChI is InChI=1S/C23H29N3O3S/c1-3-5-15-29-21-11-13-22(14-12-21)30(27,28)26(17-20-16-24-18-25-20)23(4-2)19-9-7-6-8-10-19/h6-14,16,18,23H,3-5,15,17H2,1-2H3,(H,24,25). The molecular weight excluding hydrogens is 398 g/mol. The molecule has 0 aliphatic heterocycles. The highest BCUT2D eigenvalue weighted by Gasteiger charge is 2.32. The molecule has 6 nitrogen and oxygen atoms in total. The van der Waals surface area contributed by atoms with Crippen molar-refractivity contribution in [1.82, 2.24) is 14.3 Å². The van der Waals surface area contributed by atoms with Crippen LogP contribution in [-0.4, -0.2) is 29.3 Å². The summed E-state index contributed by atoms with van der Waals surface area (Å²) in [5.41, 5.74) is 1.70. The van der Waals surface area contributed by atoms with Crippen LogP contribution in [-0.2, 0) is 16.6 Å². The number of imidazole rings is 1. The predicted molar refractivity (Wildman–Crippen MR) is 118 cm³/mol.